The number of hydrogen-bond donors (Lipinski definition) is 4. The third-order valence-electron chi connectivity index (χ3n) is 2.50. The van der Waals surface area contributed by atoms with Gasteiger partial charge >= 0.3 is 0 Å². The molecule has 0 spiro atoms. The van der Waals surface area contributed by atoms with E-state index in [9.17, 15) is 5.11 Å². The van der Waals surface area contributed by atoms with E-state index in [1.807, 2.05) is 19.0 Å². The highest BCUT2D eigenvalue weighted by Crippen LogP contribution is 2.13. The van der Waals surface area contributed by atoms with Crippen LogP contribution in [0.25, 0.3) is 0 Å². The zero-order valence-corrected chi connectivity index (χ0v) is 12.5. The molecule has 0 aromatic carbocycles. The lowest BCUT2D eigenvalue weighted by atomic mass is 10.1. The van der Waals surface area contributed by atoms with Crippen molar-refractivity contribution in [3.8, 4) is 0 Å². The molecule has 1 aromatic heterocycles. The fourth-order valence-electron chi connectivity index (χ4n) is 1.87. The molecule has 0 aliphatic rings. The Balaban J connectivity index is 2.73. The Labute approximate surface area is 119 Å². The van der Waals surface area contributed by atoms with E-state index in [0.717, 1.165) is 0 Å². The molecular formula is C12H24N6O2. The minimum absolute atomic E-state index is 0.290. The largest absolute Gasteiger partial charge is 0.387 e. The summed E-state index contributed by atoms with van der Waals surface area (Å²) in [6.07, 6.45) is 0. The van der Waals surface area contributed by atoms with Gasteiger partial charge in [-0.3, -0.25) is 0 Å². The van der Waals surface area contributed by atoms with Crippen molar-refractivity contribution < 1.29 is 9.84 Å². The Kier molecular flexibility index (Phi) is 6.08. The number of anilines is 2. The number of nitrogens with one attached hydrogen (secondary N) is 2. The van der Waals surface area contributed by atoms with Gasteiger partial charge in [-0.05, 0) is 21.0 Å². The molecule has 1 heterocycles. The number of nitrogens with zero attached hydrogens (tertiary/aromatic N) is 3. The molecule has 1 unspecified atom stereocenters. The first-order chi connectivity index (χ1) is 9.36. The molecule has 0 amide bonds. The molecule has 20 heavy (non-hydrogen) atoms. The topological polar surface area (TPSA) is 109 Å². The second kappa shape index (κ2) is 7.34. The van der Waals surface area contributed by atoms with Crippen molar-refractivity contribution in [2.45, 2.75) is 19.1 Å². The first kappa shape index (κ1) is 16.6. The molecule has 5 N–H and O–H groups in total. The molecule has 1 atom stereocenters. The fourth-order valence-corrected chi connectivity index (χ4v) is 1.87. The van der Waals surface area contributed by atoms with E-state index in [1.54, 1.807) is 20.1 Å². The molecule has 114 valence electrons. The first-order valence-electron chi connectivity index (χ1n) is 6.31. The van der Waals surface area contributed by atoms with Crippen LogP contribution >= 0.6 is 0 Å². The van der Waals surface area contributed by atoms with Crippen LogP contribution in [0.4, 0.5) is 11.6 Å². The third kappa shape index (κ3) is 5.66. The molecule has 0 saturated heterocycles. The summed E-state index contributed by atoms with van der Waals surface area (Å²) in [6.45, 7) is 2.95. The van der Waals surface area contributed by atoms with Crippen LogP contribution in [0.15, 0.2) is 6.07 Å². The van der Waals surface area contributed by atoms with E-state index < -0.39 is 5.60 Å². The second-order valence-corrected chi connectivity index (χ2v) is 5.22. The molecule has 1 rings (SSSR count). The molecule has 8 nitrogen and oxygen atoms in total. The number of aromatic nitrogens is 2. The monoisotopic (exact) mass is 284 g/mol. The van der Waals surface area contributed by atoms with E-state index in [2.05, 4.69) is 20.7 Å². The maximum atomic E-state index is 10.2. The Morgan fingerprint density at radius 1 is 1.40 bits per heavy atom. The van der Waals surface area contributed by atoms with Crippen molar-refractivity contribution >= 4 is 11.6 Å². The van der Waals surface area contributed by atoms with Crippen molar-refractivity contribution in [2.24, 2.45) is 5.84 Å². The number of aliphatic hydroxyl groups is 1. The van der Waals surface area contributed by atoms with Crippen molar-refractivity contribution in [2.75, 3.05) is 45.0 Å². The van der Waals surface area contributed by atoms with Gasteiger partial charge in [0, 0.05) is 26.3 Å². The molecule has 0 aliphatic heterocycles. The van der Waals surface area contributed by atoms with Gasteiger partial charge in [-0.15, -0.1) is 0 Å². The maximum absolute atomic E-state index is 10.2. The van der Waals surface area contributed by atoms with E-state index in [1.165, 1.54) is 0 Å². The lowest BCUT2D eigenvalue weighted by Crippen LogP contribution is -2.43. The third-order valence-corrected chi connectivity index (χ3v) is 2.50. The summed E-state index contributed by atoms with van der Waals surface area (Å²) in [7, 11) is 5.39. The van der Waals surface area contributed by atoms with Gasteiger partial charge in [-0.1, -0.05) is 0 Å². The van der Waals surface area contributed by atoms with E-state index in [0.29, 0.717) is 30.5 Å². The van der Waals surface area contributed by atoms with Crippen molar-refractivity contribution in [1.29, 1.82) is 0 Å². The molecular weight excluding hydrogens is 260 g/mol. The van der Waals surface area contributed by atoms with Gasteiger partial charge in [0.1, 0.15) is 18.2 Å². The summed E-state index contributed by atoms with van der Waals surface area (Å²) in [5.74, 6) is 6.95. The standard InChI is InChI=1S/C12H24N6O2/c1-12(19,8-18(2)3)7-14-9-5-10(17-13)16-11(15-9)6-20-4/h5,19H,6-8,13H2,1-4H3,(H2,14,15,16,17). The van der Waals surface area contributed by atoms with Crippen LogP contribution in [0.2, 0.25) is 0 Å². The first-order valence-corrected chi connectivity index (χ1v) is 6.31. The predicted octanol–water partition coefficient (Wildman–Crippen LogP) is -0.367. The van der Waals surface area contributed by atoms with Crippen LogP contribution in [0.5, 0.6) is 0 Å². The van der Waals surface area contributed by atoms with Gasteiger partial charge in [0.15, 0.2) is 5.82 Å². The molecule has 1 aromatic rings. The number of ether oxygens (including phenoxy) is 1. The summed E-state index contributed by atoms with van der Waals surface area (Å²) in [6, 6.07) is 1.67. The lowest BCUT2D eigenvalue weighted by molar-refractivity contribution is 0.0459. The fraction of sp³-hybridized carbons (Fsp3) is 0.667. The quantitative estimate of drug-likeness (QED) is 0.378. The Morgan fingerprint density at radius 2 is 2.05 bits per heavy atom. The zero-order valence-electron chi connectivity index (χ0n) is 12.5. The van der Waals surface area contributed by atoms with Crippen LogP contribution < -0.4 is 16.6 Å². The highest BCUT2D eigenvalue weighted by atomic mass is 16.5. The van der Waals surface area contributed by atoms with Gasteiger partial charge < -0.3 is 25.5 Å². The van der Waals surface area contributed by atoms with Crippen LogP contribution in [0, 0.1) is 0 Å². The average molecular weight is 284 g/mol. The number of nitrogens with two attached hydrogens (primary N) is 1. The molecule has 0 fully saturated rings. The highest BCUT2D eigenvalue weighted by molar-refractivity contribution is 5.47. The second-order valence-electron chi connectivity index (χ2n) is 5.22. The molecule has 0 saturated carbocycles. The summed E-state index contributed by atoms with van der Waals surface area (Å²) < 4.78 is 5.00. The zero-order chi connectivity index (χ0) is 15.2. The van der Waals surface area contributed by atoms with Gasteiger partial charge in [-0.25, -0.2) is 15.8 Å². The molecule has 0 radical (unpaired) electrons. The van der Waals surface area contributed by atoms with Crippen LogP contribution in [-0.2, 0) is 11.3 Å². The number of hydrazine groups is 1. The van der Waals surface area contributed by atoms with E-state index in [-0.39, 0.29) is 6.61 Å². The van der Waals surface area contributed by atoms with Crippen LogP contribution in [0.3, 0.4) is 0 Å². The highest BCUT2D eigenvalue weighted by Gasteiger charge is 2.21. The minimum Gasteiger partial charge on any atom is -0.387 e. The number of methoxy groups -OCH3 is 1. The van der Waals surface area contributed by atoms with Gasteiger partial charge in [0.25, 0.3) is 0 Å². The molecule has 0 aliphatic carbocycles. The Hall–Kier alpha value is -1.48. The Morgan fingerprint density at radius 3 is 2.60 bits per heavy atom. The van der Waals surface area contributed by atoms with E-state index >= 15 is 0 Å². The van der Waals surface area contributed by atoms with Crippen molar-refractivity contribution in [3.63, 3.8) is 0 Å². The average Bonchev–Trinajstić information content (AvgIpc) is 2.35. The predicted molar refractivity (Wildman–Crippen MR) is 78.2 cm³/mol. The number of likely N-dealkylation sites (N-methyl/N-ethyl adjacent to an activating group) is 1. The minimum atomic E-state index is -0.869. The van der Waals surface area contributed by atoms with Crippen LogP contribution in [0.1, 0.15) is 12.7 Å². The number of hydrogen-bond acceptors (Lipinski definition) is 8. The van der Waals surface area contributed by atoms with Gasteiger partial charge in [0.2, 0.25) is 0 Å². The van der Waals surface area contributed by atoms with E-state index in [4.69, 9.17) is 10.6 Å². The summed E-state index contributed by atoms with van der Waals surface area (Å²) in [5.41, 5.74) is 1.61. The normalized spacial score (nSPS) is 14.2. The van der Waals surface area contributed by atoms with Gasteiger partial charge in [-0.2, -0.15) is 0 Å². The van der Waals surface area contributed by atoms with Crippen molar-refractivity contribution in [1.82, 2.24) is 14.9 Å². The summed E-state index contributed by atoms with van der Waals surface area (Å²) in [4.78, 5) is 10.4. The Bertz CT molecular complexity index is 424. The summed E-state index contributed by atoms with van der Waals surface area (Å²) >= 11 is 0. The lowest BCUT2D eigenvalue weighted by Gasteiger charge is -2.27. The molecule has 0 bridgehead atoms. The summed E-state index contributed by atoms with van der Waals surface area (Å²) in [5, 5.41) is 13.3. The molecule has 8 heteroatoms. The number of rotatable bonds is 8. The number of nitrogen functional groups attached to an aromatic ring is 1. The SMILES string of the molecule is COCc1nc(NN)cc(NCC(C)(O)CN(C)C)n1. The maximum Gasteiger partial charge on any atom is 0.158 e. The van der Waals surface area contributed by atoms with Crippen molar-refractivity contribution in [3.05, 3.63) is 11.9 Å². The van der Waals surface area contributed by atoms with Gasteiger partial charge in [0.05, 0.1) is 5.60 Å². The van der Waals surface area contributed by atoms with Crippen LogP contribution in [-0.4, -0.2) is 59.9 Å². The smallest absolute Gasteiger partial charge is 0.158 e.